The van der Waals surface area contributed by atoms with E-state index in [0.29, 0.717) is 0 Å². The second kappa shape index (κ2) is 4.93. The number of nitrogens with zero attached hydrogens (tertiary/aromatic N) is 1. The van der Waals surface area contributed by atoms with Crippen molar-refractivity contribution in [3.63, 3.8) is 0 Å². The minimum atomic E-state index is -0.526. The molecule has 0 spiro atoms. The van der Waals surface area contributed by atoms with Gasteiger partial charge in [-0.25, -0.2) is 0 Å². The molecular weight excluding hydrogens is 341 g/mol. The van der Waals surface area contributed by atoms with Crippen molar-refractivity contribution in [3.05, 3.63) is 54.5 Å². The molecule has 0 unspecified atom stereocenters. The summed E-state index contributed by atoms with van der Waals surface area (Å²) >= 11 is 0. The molecule has 2 heteroatoms. The van der Waals surface area contributed by atoms with Crippen molar-refractivity contribution in [2.75, 3.05) is 0 Å². The normalized spacial score (nSPS) is 17.5. The zero-order valence-corrected chi connectivity index (χ0v) is 8.54. The zero-order chi connectivity index (χ0) is 15.2. The van der Waals surface area contributed by atoms with Gasteiger partial charge in [-0.05, 0) is 14.5 Å². The van der Waals surface area contributed by atoms with Crippen LogP contribution in [0.3, 0.4) is 0 Å². The van der Waals surface area contributed by atoms with Crippen LogP contribution in [-0.2, 0) is 21.1 Å². The first-order chi connectivity index (χ1) is 9.25. The Morgan fingerprint density at radius 3 is 2.92 bits per heavy atom. The smallest absolute Gasteiger partial charge is 0.0830 e. The van der Waals surface area contributed by atoms with Crippen LogP contribution in [0.2, 0.25) is 0 Å². The first-order valence-electron chi connectivity index (χ1n) is 7.20. The van der Waals surface area contributed by atoms with E-state index in [2.05, 4.69) is 11.1 Å². The molecule has 68 valence electrons. The van der Waals surface area contributed by atoms with Crippen LogP contribution in [0.5, 0.6) is 0 Å². The van der Waals surface area contributed by atoms with E-state index in [4.69, 9.17) is 11.0 Å². The van der Waals surface area contributed by atoms with Gasteiger partial charge >= 0.3 is 0 Å². The number of hydrogen-bond acceptors (Lipinski definition) is 1. The van der Waals surface area contributed by atoms with E-state index in [0.717, 1.165) is 0 Å². The van der Waals surface area contributed by atoms with E-state index >= 15 is 0 Å². The van der Waals surface area contributed by atoms with Crippen LogP contribution in [0.25, 0.3) is 11.3 Å². The van der Waals surface area contributed by atoms with Gasteiger partial charge in [-0.3, -0.25) is 0 Å². The average molecular weight is 357 g/mol. The van der Waals surface area contributed by atoms with Crippen molar-refractivity contribution in [3.8, 4) is 11.3 Å². The second-order valence-electron chi connectivity index (χ2n) is 1.95. The predicted molar refractivity (Wildman–Crippen MR) is 48.5 cm³/mol. The largest absolute Gasteiger partial charge is 0.305 e. The average Bonchev–Trinajstić information content (AvgIpc) is 2.42. The van der Waals surface area contributed by atoms with Crippen LogP contribution in [0.1, 0.15) is 11.0 Å². The molecular formula is C11H8NPt-. The van der Waals surface area contributed by atoms with Gasteiger partial charge in [0.1, 0.15) is 0 Å². The molecule has 1 aromatic heterocycles. The minimum Gasteiger partial charge on any atom is -0.305 e. The summed E-state index contributed by atoms with van der Waals surface area (Å²) in [6.07, 6.45) is -0.526. The number of hydrogen-bond donors (Lipinski definition) is 0. The van der Waals surface area contributed by atoms with Gasteiger partial charge in [-0.2, -0.15) is 0 Å². The van der Waals surface area contributed by atoms with E-state index < -0.39 is 48.5 Å². The molecule has 2 rings (SSSR count). The van der Waals surface area contributed by atoms with Crippen LogP contribution in [-0.4, -0.2) is 4.98 Å². The summed E-state index contributed by atoms with van der Waals surface area (Å²) in [4.78, 5) is 3.67. The Hall–Kier alpha value is -0.942. The van der Waals surface area contributed by atoms with E-state index in [9.17, 15) is 0 Å². The number of pyridine rings is 1. The summed E-state index contributed by atoms with van der Waals surface area (Å²) in [6.45, 7) is 0. The number of aromatic nitrogens is 1. The molecule has 2 aromatic rings. The first kappa shape index (κ1) is 3.67. The standard InChI is InChI=1S/C11H8N.Pt/c1-2-6-10(7-3-1)11-8-4-5-9-12-11;/h1-6,8-9H;/q-1;/i1D,2D,3D,4D,5D,6D,8D,9D;. The van der Waals surface area contributed by atoms with Crippen LogP contribution < -0.4 is 0 Å². The van der Waals surface area contributed by atoms with Gasteiger partial charge in [0.05, 0.1) is 5.48 Å². The van der Waals surface area contributed by atoms with Gasteiger partial charge < -0.3 is 4.98 Å². The van der Waals surface area contributed by atoms with E-state index in [1.54, 1.807) is 0 Å². The van der Waals surface area contributed by atoms with Crippen molar-refractivity contribution in [1.82, 2.24) is 4.98 Å². The van der Waals surface area contributed by atoms with Gasteiger partial charge in [0.25, 0.3) is 0 Å². The Morgan fingerprint density at radius 1 is 1.15 bits per heavy atom. The van der Waals surface area contributed by atoms with E-state index in [-0.39, 0.29) is 32.3 Å². The molecule has 0 bridgehead atoms. The molecule has 0 N–H and O–H groups in total. The van der Waals surface area contributed by atoms with E-state index in [1.807, 2.05) is 0 Å². The fourth-order valence-electron chi connectivity index (χ4n) is 0.717. The van der Waals surface area contributed by atoms with Crippen LogP contribution in [0.15, 0.2) is 48.5 Å². The molecule has 1 nitrogen and oxygen atoms in total. The van der Waals surface area contributed by atoms with E-state index in [1.165, 1.54) is 0 Å². The molecule has 0 atom stereocenters. The first-order valence-corrected chi connectivity index (χ1v) is 3.20. The zero-order valence-electron chi connectivity index (χ0n) is 14.3. The maximum atomic E-state index is 7.75. The fourth-order valence-corrected chi connectivity index (χ4v) is 0.717. The van der Waals surface area contributed by atoms with Crippen LogP contribution >= 0.6 is 0 Å². The third kappa shape index (κ3) is 2.50. The molecule has 1 aromatic carbocycles. The van der Waals surface area contributed by atoms with Crippen molar-refractivity contribution in [2.45, 2.75) is 0 Å². The molecule has 13 heavy (non-hydrogen) atoms. The molecule has 1 heterocycles. The molecule has 0 amide bonds. The third-order valence-electron chi connectivity index (χ3n) is 1.20. The summed E-state index contributed by atoms with van der Waals surface area (Å²) in [5.74, 6) is 0. The van der Waals surface area contributed by atoms with Crippen molar-refractivity contribution in [2.24, 2.45) is 0 Å². The van der Waals surface area contributed by atoms with Gasteiger partial charge in [0.2, 0.25) is 0 Å². The van der Waals surface area contributed by atoms with Gasteiger partial charge in [0, 0.05) is 30.0 Å². The summed E-state index contributed by atoms with van der Waals surface area (Å²) in [7, 11) is 0. The Labute approximate surface area is 103 Å². The molecule has 0 aliphatic rings. The fraction of sp³-hybridized carbons (Fsp3) is 0. The van der Waals surface area contributed by atoms with Crippen LogP contribution in [0, 0.1) is 6.07 Å². The monoisotopic (exact) mass is 357 g/mol. The molecule has 0 aliphatic carbocycles. The van der Waals surface area contributed by atoms with Crippen molar-refractivity contribution in [1.29, 1.82) is 0 Å². The van der Waals surface area contributed by atoms with Crippen LogP contribution in [0.4, 0.5) is 0 Å². The molecule has 0 saturated heterocycles. The maximum absolute atomic E-state index is 7.75. The second-order valence-corrected chi connectivity index (χ2v) is 1.95. The number of rotatable bonds is 1. The summed E-state index contributed by atoms with van der Waals surface area (Å²) in [6, 6.07) is -0.925. The Morgan fingerprint density at radius 2 is 2.00 bits per heavy atom. The molecule has 0 aliphatic heterocycles. The molecule has 0 saturated carbocycles. The molecule has 0 fully saturated rings. The van der Waals surface area contributed by atoms with Gasteiger partial charge in [-0.15, -0.1) is 35.8 Å². The van der Waals surface area contributed by atoms with Gasteiger partial charge in [0.15, 0.2) is 0 Å². The number of benzene rings is 1. The van der Waals surface area contributed by atoms with Crippen molar-refractivity contribution >= 4 is 0 Å². The Kier molecular flexibility index (Phi) is 1.39. The topological polar surface area (TPSA) is 12.9 Å². The minimum absolute atomic E-state index is 0. The quantitative estimate of drug-likeness (QED) is 0.715. The third-order valence-corrected chi connectivity index (χ3v) is 1.20. The SMILES string of the molecule is [2H]c1[c-]c(-c2nc([2H])c([2H])c([2H])c2[2H])c([2H])c([2H])c1[2H].[Pt]. The molecule has 0 radical (unpaired) electrons. The van der Waals surface area contributed by atoms with Gasteiger partial charge in [-0.1, -0.05) is 12.1 Å². The van der Waals surface area contributed by atoms with Crippen molar-refractivity contribution < 1.29 is 32.0 Å². The summed E-state index contributed by atoms with van der Waals surface area (Å²) in [5.41, 5.74) is -0.425. The summed E-state index contributed by atoms with van der Waals surface area (Å²) < 4.78 is 60.4. The predicted octanol–water partition coefficient (Wildman–Crippen LogP) is 2.55. The summed E-state index contributed by atoms with van der Waals surface area (Å²) in [5, 5.41) is 0. The maximum Gasteiger partial charge on any atom is 0.0830 e. The Balaban J connectivity index is 0.00000220. The Bertz CT molecular complexity index is 657.